The van der Waals surface area contributed by atoms with Gasteiger partial charge in [-0.05, 0) is 31.2 Å². The summed E-state index contributed by atoms with van der Waals surface area (Å²) in [6.07, 6.45) is 1.16. The number of furan rings is 1. The number of hydrogen-bond donors (Lipinski definition) is 0. The Bertz CT molecular complexity index is 1460. The van der Waals surface area contributed by atoms with Crippen molar-refractivity contribution in [2.75, 3.05) is 6.61 Å². The Morgan fingerprint density at radius 2 is 1.72 bits per heavy atom. The van der Waals surface area contributed by atoms with Crippen molar-refractivity contribution in [1.29, 1.82) is 0 Å². The van der Waals surface area contributed by atoms with Gasteiger partial charge in [0.15, 0.2) is 6.10 Å². The molecule has 3 saturated carbocycles. The van der Waals surface area contributed by atoms with Crippen LogP contribution in [0.1, 0.15) is 92.7 Å². The highest BCUT2D eigenvalue weighted by atomic mass is 16.7. The fourth-order valence-corrected chi connectivity index (χ4v) is 11.4. The normalized spacial score (nSPS) is 48.8. The molecule has 3 aliphatic carbocycles. The molecule has 6 fully saturated rings. The summed E-state index contributed by atoms with van der Waals surface area (Å²) < 4.78 is 43.8. The van der Waals surface area contributed by atoms with E-state index in [2.05, 4.69) is 27.7 Å². The Morgan fingerprint density at radius 1 is 1.02 bits per heavy atom. The molecule has 1 unspecified atom stereocenters. The van der Waals surface area contributed by atoms with Crippen molar-refractivity contribution >= 4 is 23.9 Å². The molecule has 11 nitrogen and oxygen atoms in total. The minimum atomic E-state index is -1.08. The zero-order valence-corrected chi connectivity index (χ0v) is 28.0. The summed E-state index contributed by atoms with van der Waals surface area (Å²) >= 11 is 0. The van der Waals surface area contributed by atoms with Gasteiger partial charge < -0.3 is 32.8 Å². The number of hydrogen-bond acceptors (Lipinski definition) is 11. The molecule has 11 heteroatoms. The van der Waals surface area contributed by atoms with Crippen LogP contribution in [0.5, 0.6) is 0 Å². The lowest BCUT2D eigenvalue weighted by Gasteiger charge is -2.71. The van der Waals surface area contributed by atoms with Crippen LogP contribution < -0.4 is 0 Å². The first-order chi connectivity index (χ1) is 21.6. The number of epoxide rings is 1. The molecule has 46 heavy (non-hydrogen) atoms. The SMILES string of the molecule is CCC(C)C(=O)O[C@@H]1[C@@H]2OC[C@]3(C)[C@H](OC(C)=O)C[C@H](OC(C)=O)[C@](C)([C@H]4CC[C@@]5(C)[C@H](c6ccoc6)OC(=O)[C@@H]6O[C@@]65[C@]14C)[C@@H]23. The van der Waals surface area contributed by atoms with Crippen molar-refractivity contribution in [3.63, 3.8) is 0 Å². The van der Waals surface area contributed by atoms with Crippen LogP contribution in [0.25, 0.3) is 0 Å². The van der Waals surface area contributed by atoms with Gasteiger partial charge in [0.1, 0.15) is 30.0 Å². The molecular weight excluding hydrogens is 596 g/mol. The summed E-state index contributed by atoms with van der Waals surface area (Å²) in [7, 11) is 0. The van der Waals surface area contributed by atoms with E-state index in [-0.39, 0.29) is 30.3 Å². The smallest absolute Gasteiger partial charge is 0.339 e. The molecule has 0 bridgehead atoms. The number of cyclic esters (lactones) is 1. The summed E-state index contributed by atoms with van der Waals surface area (Å²) in [5, 5.41) is 0. The second-order valence-electron chi connectivity index (χ2n) is 15.6. The van der Waals surface area contributed by atoms with E-state index in [4.69, 9.17) is 32.8 Å². The number of ether oxygens (including phenoxy) is 6. The second-order valence-corrected chi connectivity index (χ2v) is 15.6. The predicted molar refractivity (Wildman–Crippen MR) is 159 cm³/mol. The third-order valence-corrected chi connectivity index (χ3v) is 13.5. The molecule has 3 saturated heterocycles. The standard InChI is InChI=1S/C35H46O11/c1-9-17(2)29(38)45-27-24-25-31(5,16-41-24)22(42-18(3)36)14-23(43-19(4)37)33(25,7)21-10-12-32(6)26(20-11-13-40-15-20)44-30(39)28-35(32,46-28)34(21,27)8/h11,13,15,17,21-28H,9-10,12,14,16H2,1-8H3/t17?,21-,22-,23+,24-,25+,26+,27-,28+,31-,32+,33+,34+,35+/m1/s1. The molecule has 3 aliphatic heterocycles. The number of rotatable bonds is 6. The van der Waals surface area contributed by atoms with E-state index in [1.165, 1.54) is 13.8 Å². The summed E-state index contributed by atoms with van der Waals surface area (Å²) in [5.41, 5.74) is -3.39. The number of carbonyl (C=O) groups is 4. The Balaban J connectivity index is 1.44. The Kier molecular flexibility index (Phi) is 6.92. The van der Waals surface area contributed by atoms with Gasteiger partial charge in [0.05, 0.1) is 31.2 Å². The van der Waals surface area contributed by atoms with Gasteiger partial charge in [-0.15, -0.1) is 0 Å². The van der Waals surface area contributed by atoms with Crippen molar-refractivity contribution in [2.45, 2.75) is 123 Å². The predicted octanol–water partition coefficient (Wildman–Crippen LogP) is 4.70. The van der Waals surface area contributed by atoms with E-state index >= 15 is 0 Å². The molecule has 252 valence electrons. The molecule has 1 aromatic heterocycles. The summed E-state index contributed by atoms with van der Waals surface area (Å²) in [4.78, 5) is 52.6. The summed E-state index contributed by atoms with van der Waals surface area (Å²) in [6.45, 7) is 15.2. The minimum absolute atomic E-state index is 0.242. The molecule has 14 atom stereocenters. The van der Waals surface area contributed by atoms with Crippen molar-refractivity contribution in [3.8, 4) is 0 Å². The average molecular weight is 643 g/mol. The van der Waals surface area contributed by atoms with Crippen molar-refractivity contribution < 1.29 is 52.0 Å². The fraction of sp³-hybridized carbons (Fsp3) is 0.771. The highest BCUT2D eigenvalue weighted by Gasteiger charge is 2.91. The molecule has 6 aliphatic rings. The second kappa shape index (κ2) is 10.0. The maximum absolute atomic E-state index is 13.8. The molecule has 7 rings (SSSR count). The lowest BCUT2D eigenvalue weighted by Crippen LogP contribution is -2.78. The fourth-order valence-electron chi connectivity index (χ4n) is 11.4. The summed E-state index contributed by atoms with van der Waals surface area (Å²) in [5.74, 6) is -2.58. The van der Waals surface area contributed by atoms with Gasteiger partial charge in [-0.25, -0.2) is 4.79 Å². The van der Waals surface area contributed by atoms with Crippen LogP contribution in [0.2, 0.25) is 0 Å². The lowest BCUT2D eigenvalue weighted by atomic mass is 9.34. The van der Waals surface area contributed by atoms with Crippen LogP contribution in [0.15, 0.2) is 23.0 Å². The Morgan fingerprint density at radius 3 is 2.35 bits per heavy atom. The van der Waals surface area contributed by atoms with E-state index < -0.39 is 81.8 Å². The van der Waals surface area contributed by atoms with Crippen molar-refractivity contribution in [2.24, 2.45) is 39.4 Å². The first-order valence-electron chi connectivity index (χ1n) is 16.7. The summed E-state index contributed by atoms with van der Waals surface area (Å²) in [6, 6.07) is 1.81. The molecule has 0 N–H and O–H groups in total. The molecule has 0 amide bonds. The van der Waals surface area contributed by atoms with Crippen molar-refractivity contribution in [3.05, 3.63) is 24.2 Å². The van der Waals surface area contributed by atoms with E-state index in [9.17, 15) is 19.2 Å². The third kappa shape index (κ3) is 3.73. The molecule has 0 aromatic carbocycles. The van der Waals surface area contributed by atoms with Gasteiger partial charge in [-0.2, -0.15) is 0 Å². The molecule has 0 radical (unpaired) electrons. The van der Waals surface area contributed by atoms with Gasteiger partial charge in [0, 0.05) is 53.4 Å². The van der Waals surface area contributed by atoms with Gasteiger partial charge in [0.25, 0.3) is 0 Å². The topological polar surface area (TPSA) is 140 Å². The van der Waals surface area contributed by atoms with Crippen LogP contribution in [0.4, 0.5) is 0 Å². The van der Waals surface area contributed by atoms with Crippen LogP contribution in [0, 0.1) is 39.4 Å². The van der Waals surface area contributed by atoms with Crippen LogP contribution in [-0.2, 0) is 47.6 Å². The lowest BCUT2D eigenvalue weighted by molar-refractivity contribution is -0.306. The van der Waals surface area contributed by atoms with Gasteiger partial charge >= 0.3 is 23.9 Å². The van der Waals surface area contributed by atoms with Gasteiger partial charge in [0.2, 0.25) is 0 Å². The zero-order chi connectivity index (χ0) is 33.2. The molecule has 4 heterocycles. The van der Waals surface area contributed by atoms with Crippen molar-refractivity contribution in [1.82, 2.24) is 0 Å². The van der Waals surface area contributed by atoms with Crippen LogP contribution >= 0.6 is 0 Å². The number of esters is 4. The quantitative estimate of drug-likeness (QED) is 0.242. The first-order valence-corrected chi connectivity index (χ1v) is 16.7. The first kappa shape index (κ1) is 31.7. The maximum Gasteiger partial charge on any atom is 0.339 e. The van der Waals surface area contributed by atoms with E-state index in [1.54, 1.807) is 12.5 Å². The maximum atomic E-state index is 13.8. The average Bonchev–Trinajstić information content (AvgIpc) is 3.36. The monoisotopic (exact) mass is 642 g/mol. The van der Waals surface area contributed by atoms with Gasteiger partial charge in [-0.3, -0.25) is 14.4 Å². The highest BCUT2D eigenvalue weighted by molar-refractivity contribution is 5.82. The Hall–Kier alpha value is -2.92. The van der Waals surface area contributed by atoms with Gasteiger partial charge in [-0.1, -0.05) is 41.5 Å². The largest absolute Gasteiger partial charge is 0.472 e. The zero-order valence-electron chi connectivity index (χ0n) is 28.0. The molecular formula is C35H46O11. The van der Waals surface area contributed by atoms with E-state index in [0.717, 1.165) is 5.56 Å². The Labute approximate surface area is 269 Å². The third-order valence-electron chi connectivity index (χ3n) is 13.5. The number of carbonyl (C=O) groups excluding carboxylic acids is 4. The number of fused-ring (bicyclic) bond motifs is 2. The van der Waals surface area contributed by atoms with Crippen LogP contribution in [0.3, 0.4) is 0 Å². The molecule has 1 aromatic rings. The highest BCUT2D eigenvalue weighted by Crippen LogP contribution is 2.81. The minimum Gasteiger partial charge on any atom is -0.472 e. The van der Waals surface area contributed by atoms with Crippen LogP contribution in [-0.4, -0.2) is 66.6 Å². The molecule has 1 spiro atoms. The van der Waals surface area contributed by atoms with E-state index in [0.29, 0.717) is 25.7 Å². The van der Waals surface area contributed by atoms with E-state index in [1.807, 2.05) is 19.9 Å².